The van der Waals surface area contributed by atoms with E-state index >= 15 is 0 Å². The molecule has 0 bridgehead atoms. The molecule has 1 aromatic rings. The van der Waals surface area contributed by atoms with E-state index in [2.05, 4.69) is 0 Å². The van der Waals surface area contributed by atoms with Crippen LogP contribution in [0.2, 0.25) is 0 Å². The van der Waals surface area contributed by atoms with Gasteiger partial charge in [-0.25, -0.2) is 0 Å². The number of ketones is 1. The summed E-state index contributed by atoms with van der Waals surface area (Å²) in [6.07, 6.45) is -4.29. The highest BCUT2D eigenvalue weighted by Crippen LogP contribution is 2.37. The third-order valence-electron chi connectivity index (χ3n) is 3.36. The molecule has 0 radical (unpaired) electrons. The lowest BCUT2D eigenvalue weighted by atomic mass is 9.76. The molecule has 1 aliphatic rings. The van der Waals surface area contributed by atoms with Gasteiger partial charge in [-0.1, -0.05) is 12.1 Å². The normalized spacial score (nSPS) is 23.3. The first-order valence-corrected chi connectivity index (χ1v) is 5.64. The minimum Gasteiger partial charge on any atom is -0.465 e. The van der Waals surface area contributed by atoms with Gasteiger partial charge in [-0.3, -0.25) is 9.59 Å². The number of halogens is 3. The lowest BCUT2D eigenvalue weighted by Crippen LogP contribution is -2.38. The number of esters is 1. The predicted molar refractivity (Wildman–Crippen MR) is 59.4 cm³/mol. The number of Topliss-reactive ketones (excluding diaryl/α,β-unsaturated/α-hetero) is 1. The van der Waals surface area contributed by atoms with E-state index in [1.807, 2.05) is 0 Å². The van der Waals surface area contributed by atoms with Crippen molar-refractivity contribution < 1.29 is 27.5 Å². The summed E-state index contributed by atoms with van der Waals surface area (Å²) in [5.41, 5.74) is -2.03. The van der Waals surface area contributed by atoms with E-state index in [0.717, 1.165) is 24.3 Å². The van der Waals surface area contributed by atoms with Crippen molar-refractivity contribution in [3.63, 3.8) is 0 Å². The number of hydrogen-bond donors (Lipinski definition) is 0. The van der Waals surface area contributed by atoms with E-state index in [0.29, 0.717) is 0 Å². The van der Waals surface area contributed by atoms with E-state index in [1.165, 1.54) is 6.92 Å². The summed E-state index contributed by atoms with van der Waals surface area (Å²) >= 11 is 0. The van der Waals surface area contributed by atoms with Crippen LogP contribution < -0.4 is 0 Å². The molecule has 19 heavy (non-hydrogen) atoms. The van der Waals surface area contributed by atoms with Crippen molar-refractivity contribution in [3.8, 4) is 0 Å². The zero-order valence-electron chi connectivity index (χ0n) is 10.1. The maximum absolute atomic E-state index is 12.5. The number of carbonyl (C=O) groups is 2. The zero-order valence-corrected chi connectivity index (χ0v) is 10.1. The second-order valence-corrected chi connectivity index (χ2v) is 4.42. The number of rotatable bonds is 2. The van der Waals surface area contributed by atoms with Gasteiger partial charge in [0.05, 0.1) is 12.2 Å². The van der Waals surface area contributed by atoms with Crippen LogP contribution in [-0.4, -0.2) is 18.4 Å². The first kappa shape index (κ1) is 13.6. The second kappa shape index (κ2) is 4.36. The van der Waals surface area contributed by atoms with Gasteiger partial charge < -0.3 is 4.74 Å². The first-order chi connectivity index (χ1) is 8.78. The van der Waals surface area contributed by atoms with Crippen molar-refractivity contribution in [1.29, 1.82) is 0 Å². The smallest absolute Gasteiger partial charge is 0.416 e. The highest BCUT2D eigenvalue weighted by Gasteiger charge is 2.50. The van der Waals surface area contributed by atoms with Gasteiger partial charge in [0.25, 0.3) is 0 Å². The molecule has 6 heteroatoms. The van der Waals surface area contributed by atoms with Gasteiger partial charge in [0.1, 0.15) is 0 Å². The van der Waals surface area contributed by atoms with Crippen LogP contribution in [-0.2, 0) is 25.9 Å². The van der Waals surface area contributed by atoms with Crippen LogP contribution in [0.3, 0.4) is 0 Å². The molecule has 2 rings (SSSR count). The lowest BCUT2D eigenvalue weighted by molar-refractivity contribution is -0.146. The molecular formula is C13H11F3O3. The Balaban J connectivity index is 2.45. The van der Waals surface area contributed by atoms with Gasteiger partial charge in [-0.2, -0.15) is 13.2 Å². The average molecular weight is 272 g/mol. The van der Waals surface area contributed by atoms with Crippen molar-refractivity contribution in [2.24, 2.45) is 0 Å². The van der Waals surface area contributed by atoms with Crippen molar-refractivity contribution in [2.45, 2.75) is 24.9 Å². The number of carbonyl (C=O) groups excluding carboxylic acids is 2. The van der Waals surface area contributed by atoms with Crippen molar-refractivity contribution in [3.05, 3.63) is 35.4 Å². The molecule has 0 saturated carbocycles. The van der Waals surface area contributed by atoms with Crippen molar-refractivity contribution in [2.75, 3.05) is 6.61 Å². The lowest BCUT2D eigenvalue weighted by Gasteiger charge is -2.22. The number of hydrogen-bond acceptors (Lipinski definition) is 3. The first-order valence-electron chi connectivity index (χ1n) is 5.64. The Kier molecular flexibility index (Phi) is 3.12. The van der Waals surface area contributed by atoms with Gasteiger partial charge in [0.2, 0.25) is 0 Å². The molecular weight excluding hydrogens is 261 g/mol. The van der Waals surface area contributed by atoms with Crippen LogP contribution in [0, 0.1) is 0 Å². The molecule has 1 atom stereocenters. The fourth-order valence-electron chi connectivity index (χ4n) is 2.25. The summed E-state index contributed by atoms with van der Waals surface area (Å²) < 4.78 is 42.2. The fraction of sp³-hybridized carbons (Fsp3) is 0.385. The maximum atomic E-state index is 12.5. The molecule has 0 N–H and O–H groups in total. The highest BCUT2D eigenvalue weighted by atomic mass is 19.4. The molecule has 3 nitrogen and oxygen atoms in total. The molecule has 1 aliphatic heterocycles. The summed E-state index contributed by atoms with van der Waals surface area (Å²) in [7, 11) is 0. The van der Waals surface area contributed by atoms with Gasteiger partial charge in [0.15, 0.2) is 11.2 Å². The summed E-state index contributed by atoms with van der Waals surface area (Å²) in [5.74, 6) is -1.12. The van der Waals surface area contributed by atoms with Crippen molar-refractivity contribution in [1.82, 2.24) is 0 Å². The molecule has 0 aromatic heterocycles. The minimum absolute atomic E-state index is 0.0967. The molecule has 1 fully saturated rings. The Labute approximate surface area is 107 Å². The molecule has 102 valence electrons. The van der Waals surface area contributed by atoms with Crippen LogP contribution in [0.15, 0.2) is 24.3 Å². The summed E-state index contributed by atoms with van der Waals surface area (Å²) in [6.45, 7) is 1.34. The molecule has 1 saturated heterocycles. The summed E-state index contributed by atoms with van der Waals surface area (Å²) in [5, 5.41) is 0. The fourth-order valence-corrected chi connectivity index (χ4v) is 2.25. The Morgan fingerprint density at radius 2 is 1.84 bits per heavy atom. The Morgan fingerprint density at radius 3 is 2.21 bits per heavy atom. The third-order valence-corrected chi connectivity index (χ3v) is 3.36. The summed E-state index contributed by atoms with van der Waals surface area (Å²) in [4.78, 5) is 23.5. The van der Waals surface area contributed by atoms with Crippen LogP contribution in [0.5, 0.6) is 0 Å². The molecule has 1 heterocycles. The number of cyclic esters (lactones) is 1. The largest absolute Gasteiger partial charge is 0.465 e. The monoisotopic (exact) mass is 272 g/mol. The predicted octanol–water partition coefficient (Wildman–Crippen LogP) is 2.48. The van der Waals surface area contributed by atoms with Gasteiger partial charge >= 0.3 is 12.1 Å². The standard InChI is InChI=1S/C13H11F3O3/c1-8(17)12(6-7-19-11(12)18)9-2-4-10(5-3-9)13(14,15)16/h2-5H,6-7H2,1H3/t12-/m0/s1. The highest BCUT2D eigenvalue weighted by molar-refractivity contribution is 6.09. The van der Waals surface area contributed by atoms with E-state index in [1.54, 1.807) is 0 Å². The average Bonchev–Trinajstić information content (AvgIpc) is 2.71. The van der Waals surface area contributed by atoms with E-state index in [-0.39, 0.29) is 18.6 Å². The molecule has 1 aromatic carbocycles. The number of ether oxygens (including phenoxy) is 1. The quantitative estimate of drug-likeness (QED) is 0.613. The Bertz CT molecular complexity index is 519. The topological polar surface area (TPSA) is 43.4 Å². The number of benzene rings is 1. The molecule has 0 amide bonds. The van der Waals surface area contributed by atoms with Crippen LogP contribution in [0.4, 0.5) is 13.2 Å². The number of alkyl halides is 3. The zero-order chi connectivity index (χ0) is 14.3. The Morgan fingerprint density at radius 1 is 1.26 bits per heavy atom. The van der Waals surface area contributed by atoms with E-state index in [4.69, 9.17) is 4.74 Å². The van der Waals surface area contributed by atoms with Gasteiger partial charge in [-0.05, 0) is 24.6 Å². The van der Waals surface area contributed by atoms with E-state index < -0.39 is 28.9 Å². The minimum atomic E-state index is -4.45. The van der Waals surface area contributed by atoms with Crippen LogP contribution >= 0.6 is 0 Å². The van der Waals surface area contributed by atoms with Crippen LogP contribution in [0.1, 0.15) is 24.5 Å². The molecule has 0 spiro atoms. The maximum Gasteiger partial charge on any atom is 0.416 e. The van der Waals surface area contributed by atoms with Gasteiger partial charge in [-0.15, -0.1) is 0 Å². The third kappa shape index (κ3) is 2.11. The molecule has 0 unspecified atom stereocenters. The second-order valence-electron chi connectivity index (χ2n) is 4.42. The van der Waals surface area contributed by atoms with Gasteiger partial charge in [0, 0.05) is 6.42 Å². The SMILES string of the molecule is CC(=O)[C@]1(c2ccc(C(F)(F)F)cc2)CCOC1=O. The molecule has 0 aliphatic carbocycles. The van der Waals surface area contributed by atoms with Crippen molar-refractivity contribution >= 4 is 11.8 Å². The Hall–Kier alpha value is -1.85. The van der Waals surface area contributed by atoms with E-state index in [9.17, 15) is 22.8 Å². The summed E-state index contributed by atoms with van der Waals surface area (Å²) in [6, 6.07) is 4.06. The van der Waals surface area contributed by atoms with Crippen LogP contribution in [0.25, 0.3) is 0 Å².